The van der Waals surface area contributed by atoms with Gasteiger partial charge in [0.05, 0.1) is 18.2 Å². The first-order valence-corrected chi connectivity index (χ1v) is 7.02. The predicted molar refractivity (Wildman–Crippen MR) is 79.1 cm³/mol. The first-order valence-electron chi connectivity index (χ1n) is 7.02. The molecule has 0 spiro atoms. The predicted octanol–water partition coefficient (Wildman–Crippen LogP) is 1.97. The second-order valence-electron chi connectivity index (χ2n) is 5.53. The molecule has 0 aliphatic rings. The van der Waals surface area contributed by atoms with Gasteiger partial charge in [-0.25, -0.2) is 0 Å². The normalized spacial score (nSPS) is 17.1. The van der Waals surface area contributed by atoms with E-state index in [1.165, 1.54) is 0 Å². The summed E-state index contributed by atoms with van der Waals surface area (Å²) in [6.07, 6.45) is -0.794. The second kappa shape index (κ2) is 7.41. The van der Waals surface area contributed by atoms with Gasteiger partial charge < -0.3 is 15.1 Å². The molecule has 0 unspecified atom stereocenters. The third kappa shape index (κ3) is 4.32. The van der Waals surface area contributed by atoms with Crippen molar-refractivity contribution >= 4 is 5.91 Å². The fourth-order valence-corrected chi connectivity index (χ4v) is 2.30. The van der Waals surface area contributed by atoms with Crippen LogP contribution in [0.4, 0.5) is 0 Å². The minimum Gasteiger partial charge on any atom is -0.393 e. The molecule has 0 fully saturated rings. The smallest absolute Gasteiger partial charge is 0.225 e. The minimum atomic E-state index is -0.719. The number of carbonyl (C=O) groups is 1. The Morgan fingerprint density at radius 2 is 1.70 bits per heavy atom. The van der Waals surface area contributed by atoms with E-state index in [4.69, 9.17) is 0 Å². The highest BCUT2D eigenvalue weighted by molar-refractivity contribution is 5.78. The molecule has 0 saturated heterocycles. The molecular formula is C16H25NO3. The minimum absolute atomic E-state index is 0.0617. The van der Waals surface area contributed by atoms with Crippen molar-refractivity contribution in [2.45, 2.75) is 45.4 Å². The third-order valence-corrected chi connectivity index (χ3v) is 3.67. The molecule has 1 amide bonds. The van der Waals surface area contributed by atoms with Crippen molar-refractivity contribution in [3.63, 3.8) is 0 Å². The third-order valence-electron chi connectivity index (χ3n) is 3.67. The van der Waals surface area contributed by atoms with E-state index in [0.29, 0.717) is 6.42 Å². The van der Waals surface area contributed by atoms with Gasteiger partial charge in [-0.1, -0.05) is 37.3 Å². The van der Waals surface area contributed by atoms with E-state index in [1.807, 2.05) is 37.3 Å². The van der Waals surface area contributed by atoms with Crippen molar-refractivity contribution in [3.05, 3.63) is 35.9 Å². The van der Waals surface area contributed by atoms with Crippen LogP contribution in [0.15, 0.2) is 30.3 Å². The standard InChI is InChI=1S/C16H25NO3/c1-11(10-12(2)18)16(20)17(4)13(3)15(19)14-8-6-5-7-9-14/h5-9,11-13,15,18-19H,10H2,1-4H3/t11-,12+,13+,15-/m1/s1. The van der Waals surface area contributed by atoms with Crippen molar-refractivity contribution in [1.29, 1.82) is 0 Å². The van der Waals surface area contributed by atoms with Crippen LogP contribution < -0.4 is 0 Å². The Balaban J connectivity index is 2.71. The molecule has 0 aromatic heterocycles. The maximum absolute atomic E-state index is 12.3. The number of benzene rings is 1. The molecule has 1 aromatic rings. The van der Waals surface area contributed by atoms with Gasteiger partial charge in [0.2, 0.25) is 5.91 Å². The van der Waals surface area contributed by atoms with Gasteiger partial charge in [-0.2, -0.15) is 0 Å². The Kier molecular flexibility index (Phi) is 6.17. The molecule has 0 heterocycles. The largest absolute Gasteiger partial charge is 0.393 e. The van der Waals surface area contributed by atoms with Crippen molar-refractivity contribution < 1.29 is 15.0 Å². The average molecular weight is 279 g/mol. The zero-order valence-electron chi connectivity index (χ0n) is 12.7. The molecule has 1 aromatic carbocycles. The summed E-state index contributed by atoms with van der Waals surface area (Å²) in [6.45, 7) is 5.30. The number of nitrogens with zero attached hydrogens (tertiary/aromatic N) is 1. The number of amides is 1. The summed E-state index contributed by atoms with van der Waals surface area (Å²) in [5.74, 6) is -0.321. The highest BCUT2D eigenvalue weighted by atomic mass is 16.3. The van der Waals surface area contributed by atoms with Crippen molar-refractivity contribution in [1.82, 2.24) is 4.90 Å². The Morgan fingerprint density at radius 1 is 1.15 bits per heavy atom. The Morgan fingerprint density at radius 3 is 2.20 bits per heavy atom. The van der Waals surface area contributed by atoms with E-state index < -0.39 is 12.2 Å². The van der Waals surface area contributed by atoms with Crippen LogP contribution >= 0.6 is 0 Å². The Hall–Kier alpha value is -1.39. The second-order valence-corrected chi connectivity index (χ2v) is 5.53. The number of hydrogen-bond acceptors (Lipinski definition) is 3. The fourth-order valence-electron chi connectivity index (χ4n) is 2.30. The molecule has 2 N–H and O–H groups in total. The lowest BCUT2D eigenvalue weighted by molar-refractivity contribution is -0.138. The topological polar surface area (TPSA) is 60.8 Å². The van der Waals surface area contributed by atoms with Crippen LogP contribution in [0.1, 0.15) is 38.9 Å². The maximum Gasteiger partial charge on any atom is 0.225 e. The molecule has 0 saturated carbocycles. The lowest BCUT2D eigenvalue weighted by Crippen LogP contribution is -2.42. The molecule has 4 atom stereocenters. The van der Waals surface area contributed by atoms with Crippen LogP contribution in [0.3, 0.4) is 0 Å². The van der Waals surface area contributed by atoms with Crippen LogP contribution in [0, 0.1) is 5.92 Å². The van der Waals surface area contributed by atoms with Gasteiger partial charge in [0.1, 0.15) is 0 Å². The molecule has 20 heavy (non-hydrogen) atoms. The molecule has 112 valence electrons. The fraction of sp³-hybridized carbons (Fsp3) is 0.562. The highest BCUT2D eigenvalue weighted by Gasteiger charge is 2.27. The van der Waals surface area contributed by atoms with Gasteiger partial charge in [-0.05, 0) is 25.8 Å². The zero-order chi connectivity index (χ0) is 15.3. The van der Waals surface area contributed by atoms with Crippen LogP contribution in [0.5, 0.6) is 0 Å². The van der Waals surface area contributed by atoms with Gasteiger partial charge in [0.15, 0.2) is 0 Å². The average Bonchev–Trinajstić information content (AvgIpc) is 2.44. The molecule has 4 nitrogen and oxygen atoms in total. The van der Waals surface area contributed by atoms with Crippen molar-refractivity contribution in [3.8, 4) is 0 Å². The van der Waals surface area contributed by atoms with Crippen LogP contribution in [-0.4, -0.2) is 40.2 Å². The molecule has 0 aliphatic heterocycles. The Labute approximate surface area is 121 Å². The lowest BCUT2D eigenvalue weighted by atomic mass is 9.99. The number of hydrogen-bond donors (Lipinski definition) is 2. The summed E-state index contributed by atoms with van der Waals surface area (Å²) in [6, 6.07) is 8.99. The summed E-state index contributed by atoms with van der Waals surface area (Å²) < 4.78 is 0. The van der Waals surface area contributed by atoms with Crippen molar-refractivity contribution in [2.24, 2.45) is 5.92 Å². The molecule has 0 aliphatic carbocycles. The first kappa shape index (κ1) is 16.7. The van der Waals surface area contributed by atoms with Crippen LogP contribution in [-0.2, 0) is 4.79 Å². The van der Waals surface area contributed by atoms with E-state index >= 15 is 0 Å². The van der Waals surface area contributed by atoms with Crippen molar-refractivity contribution in [2.75, 3.05) is 7.05 Å². The number of aliphatic hydroxyl groups is 2. The summed E-state index contributed by atoms with van der Waals surface area (Å²) in [4.78, 5) is 13.8. The van der Waals surface area contributed by atoms with Gasteiger partial charge >= 0.3 is 0 Å². The van der Waals surface area contributed by atoms with Gasteiger partial charge in [-0.3, -0.25) is 4.79 Å². The number of likely N-dealkylation sites (N-methyl/N-ethyl adjacent to an activating group) is 1. The SMILES string of the molecule is C[C@H](O)C[C@@H](C)C(=O)N(C)[C@@H](C)[C@@H](O)c1ccccc1. The van der Waals surface area contributed by atoms with Crippen LogP contribution in [0.2, 0.25) is 0 Å². The monoisotopic (exact) mass is 279 g/mol. The first-order chi connectivity index (χ1) is 9.34. The number of aliphatic hydroxyl groups excluding tert-OH is 2. The highest BCUT2D eigenvalue weighted by Crippen LogP contribution is 2.21. The summed E-state index contributed by atoms with van der Waals surface area (Å²) in [7, 11) is 1.69. The van der Waals surface area contributed by atoms with Crippen LogP contribution in [0.25, 0.3) is 0 Å². The zero-order valence-corrected chi connectivity index (χ0v) is 12.7. The summed E-state index contributed by atoms with van der Waals surface area (Å²) >= 11 is 0. The van der Waals surface area contributed by atoms with E-state index in [0.717, 1.165) is 5.56 Å². The molecule has 0 radical (unpaired) electrons. The van der Waals surface area contributed by atoms with E-state index in [-0.39, 0.29) is 17.9 Å². The van der Waals surface area contributed by atoms with Gasteiger partial charge in [-0.15, -0.1) is 0 Å². The van der Waals surface area contributed by atoms with E-state index in [1.54, 1.807) is 25.8 Å². The maximum atomic E-state index is 12.3. The lowest BCUT2D eigenvalue weighted by Gasteiger charge is -2.31. The number of rotatable bonds is 6. The van der Waals surface area contributed by atoms with Gasteiger partial charge in [0, 0.05) is 13.0 Å². The summed E-state index contributed by atoms with van der Waals surface area (Å²) in [5.41, 5.74) is 0.794. The Bertz CT molecular complexity index is 419. The molecule has 4 heteroatoms. The molecule has 1 rings (SSSR count). The van der Waals surface area contributed by atoms with E-state index in [9.17, 15) is 15.0 Å². The number of carbonyl (C=O) groups excluding carboxylic acids is 1. The quantitative estimate of drug-likeness (QED) is 0.837. The summed E-state index contributed by atoms with van der Waals surface area (Å²) in [5, 5.41) is 19.7. The molecular weight excluding hydrogens is 254 g/mol. The van der Waals surface area contributed by atoms with E-state index in [2.05, 4.69) is 0 Å². The van der Waals surface area contributed by atoms with Gasteiger partial charge in [0.25, 0.3) is 0 Å². The molecule has 0 bridgehead atoms.